The largest absolute Gasteiger partial charge is 0.313 e. The quantitative estimate of drug-likeness (QED) is 0.742. The van der Waals surface area contributed by atoms with Gasteiger partial charge < -0.3 is 10.2 Å². The first kappa shape index (κ1) is 17.5. The fourth-order valence-corrected chi connectivity index (χ4v) is 0.577. The van der Waals surface area contributed by atoms with Crippen molar-refractivity contribution in [1.29, 1.82) is 0 Å². The van der Waals surface area contributed by atoms with Gasteiger partial charge >= 0.3 is 0 Å². The van der Waals surface area contributed by atoms with Gasteiger partial charge in [0.05, 0.1) is 0 Å². The molecule has 0 aromatic heterocycles. The monoisotopic (exact) mass is 202 g/mol. The van der Waals surface area contributed by atoms with E-state index in [-0.39, 0.29) is 24.8 Å². The Morgan fingerprint density at radius 2 is 1.64 bits per heavy atom. The van der Waals surface area contributed by atoms with Crippen LogP contribution in [0.4, 0.5) is 0 Å². The summed E-state index contributed by atoms with van der Waals surface area (Å²) < 4.78 is 0. The minimum Gasteiger partial charge on any atom is -0.313 e. The van der Waals surface area contributed by atoms with Crippen molar-refractivity contribution in [2.24, 2.45) is 0 Å². The molecule has 0 aromatic carbocycles. The lowest BCUT2D eigenvalue weighted by atomic mass is 10.4. The average molecular weight is 203 g/mol. The smallest absolute Gasteiger partial charge is 0.0101 e. The molecule has 0 spiro atoms. The summed E-state index contributed by atoms with van der Waals surface area (Å²) in [7, 11) is 4.17. The van der Waals surface area contributed by atoms with Crippen LogP contribution >= 0.6 is 24.8 Å². The van der Waals surface area contributed by atoms with E-state index in [1.54, 1.807) is 0 Å². The van der Waals surface area contributed by atoms with Crippen LogP contribution < -0.4 is 5.32 Å². The van der Waals surface area contributed by atoms with E-state index in [2.05, 4.69) is 38.2 Å². The molecule has 0 heterocycles. The van der Waals surface area contributed by atoms with Crippen LogP contribution in [-0.4, -0.2) is 38.1 Å². The molecular formula is C7H20Cl2N2. The predicted octanol–water partition coefficient (Wildman–Crippen LogP) is 1.39. The molecule has 0 atom stereocenters. The highest BCUT2D eigenvalue weighted by molar-refractivity contribution is 5.85. The van der Waals surface area contributed by atoms with Crippen LogP contribution in [0.3, 0.4) is 0 Å². The van der Waals surface area contributed by atoms with Crippen molar-refractivity contribution in [3.8, 4) is 0 Å². The number of likely N-dealkylation sites (N-methyl/N-ethyl adjacent to an activating group) is 1. The zero-order valence-corrected chi connectivity index (χ0v) is 9.39. The summed E-state index contributed by atoms with van der Waals surface area (Å²) in [5.41, 5.74) is 0. The molecule has 72 valence electrons. The van der Waals surface area contributed by atoms with Gasteiger partial charge in [0, 0.05) is 19.1 Å². The number of hydrogen-bond acceptors (Lipinski definition) is 2. The third-order valence-corrected chi connectivity index (χ3v) is 1.11. The van der Waals surface area contributed by atoms with Crippen LogP contribution in [0.5, 0.6) is 0 Å². The van der Waals surface area contributed by atoms with Crippen LogP contribution in [0.25, 0.3) is 0 Å². The first-order valence-electron chi connectivity index (χ1n) is 3.51. The first-order chi connectivity index (χ1) is 4.13. The molecule has 0 amide bonds. The van der Waals surface area contributed by atoms with E-state index in [1.807, 2.05) is 0 Å². The summed E-state index contributed by atoms with van der Waals surface area (Å²) in [6, 6.07) is 0.616. The molecule has 0 saturated heterocycles. The number of halogens is 2. The van der Waals surface area contributed by atoms with E-state index < -0.39 is 0 Å². The Morgan fingerprint density at radius 1 is 1.18 bits per heavy atom. The van der Waals surface area contributed by atoms with Gasteiger partial charge in [0.25, 0.3) is 0 Å². The second-order valence-corrected chi connectivity index (χ2v) is 2.91. The fourth-order valence-electron chi connectivity index (χ4n) is 0.577. The summed E-state index contributed by atoms with van der Waals surface area (Å²) in [6.45, 7) is 6.54. The maximum atomic E-state index is 3.34. The third kappa shape index (κ3) is 18.0. The van der Waals surface area contributed by atoms with Crippen molar-refractivity contribution in [2.75, 3.05) is 27.2 Å². The lowest BCUT2D eigenvalue weighted by Gasteiger charge is -2.11. The van der Waals surface area contributed by atoms with Crippen molar-refractivity contribution < 1.29 is 0 Å². The average Bonchev–Trinajstić information content (AvgIpc) is 1.63. The van der Waals surface area contributed by atoms with E-state index in [4.69, 9.17) is 0 Å². The maximum absolute atomic E-state index is 3.34. The molecule has 4 heteroatoms. The second kappa shape index (κ2) is 10.5. The van der Waals surface area contributed by atoms with Crippen molar-refractivity contribution in [1.82, 2.24) is 10.2 Å². The summed E-state index contributed by atoms with van der Waals surface area (Å²) in [5.74, 6) is 0. The molecule has 0 aromatic rings. The predicted molar refractivity (Wildman–Crippen MR) is 56.2 cm³/mol. The normalized spacial score (nSPS) is 9.27. The Balaban J connectivity index is -0.000000320. The molecule has 0 unspecified atom stereocenters. The van der Waals surface area contributed by atoms with Gasteiger partial charge in [0.1, 0.15) is 0 Å². The molecule has 0 saturated carbocycles. The molecular weight excluding hydrogens is 183 g/mol. The summed E-state index contributed by atoms with van der Waals surface area (Å²) in [4.78, 5) is 2.18. The minimum absolute atomic E-state index is 0. The summed E-state index contributed by atoms with van der Waals surface area (Å²) in [6.07, 6.45) is 0. The standard InChI is InChI=1S/C7H18N2.2ClH/c1-7(2)8-5-6-9(3)4;;/h7-8H,5-6H2,1-4H3;2*1H. The van der Waals surface area contributed by atoms with Gasteiger partial charge in [-0.05, 0) is 14.1 Å². The van der Waals surface area contributed by atoms with Crippen LogP contribution in [0.2, 0.25) is 0 Å². The fraction of sp³-hybridized carbons (Fsp3) is 1.00. The topological polar surface area (TPSA) is 15.3 Å². The van der Waals surface area contributed by atoms with Crippen molar-refractivity contribution in [3.05, 3.63) is 0 Å². The van der Waals surface area contributed by atoms with E-state index in [1.165, 1.54) is 0 Å². The highest BCUT2D eigenvalue weighted by Gasteiger charge is 1.91. The Kier molecular flexibility index (Phi) is 16.8. The van der Waals surface area contributed by atoms with Gasteiger partial charge in [-0.2, -0.15) is 0 Å². The Bertz CT molecular complexity index is 59.5. The molecule has 0 radical (unpaired) electrons. The zero-order valence-electron chi connectivity index (χ0n) is 7.76. The second-order valence-electron chi connectivity index (χ2n) is 2.91. The molecule has 0 fully saturated rings. The molecule has 0 bridgehead atoms. The van der Waals surface area contributed by atoms with Gasteiger partial charge in [0.2, 0.25) is 0 Å². The number of nitrogens with zero attached hydrogens (tertiary/aromatic N) is 1. The first-order valence-corrected chi connectivity index (χ1v) is 3.51. The van der Waals surface area contributed by atoms with Gasteiger partial charge in [-0.15, -0.1) is 24.8 Å². The lowest BCUT2D eigenvalue weighted by Crippen LogP contribution is -2.30. The van der Waals surface area contributed by atoms with Crippen molar-refractivity contribution >= 4 is 24.8 Å². The summed E-state index contributed by atoms with van der Waals surface area (Å²) >= 11 is 0. The molecule has 1 N–H and O–H groups in total. The number of nitrogens with one attached hydrogen (secondary N) is 1. The highest BCUT2D eigenvalue weighted by Crippen LogP contribution is 1.76. The van der Waals surface area contributed by atoms with Crippen LogP contribution in [-0.2, 0) is 0 Å². The molecule has 0 aliphatic carbocycles. The SMILES string of the molecule is CC(C)NCCN(C)C.Cl.Cl. The van der Waals surface area contributed by atoms with Gasteiger partial charge in [-0.3, -0.25) is 0 Å². The van der Waals surface area contributed by atoms with Crippen molar-refractivity contribution in [3.63, 3.8) is 0 Å². The van der Waals surface area contributed by atoms with E-state index in [0.29, 0.717) is 6.04 Å². The van der Waals surface area contributed by atoms with Gasteiger partial charge in [-0.1, -0.05) is 13.8 Å². The maximum Gasteiger partial charge on any atom is 0.0101 e. The van der Waals surface area contributed by atoms with E-state index in [0.717, 1.165) is 13.1 Å². The number of rotatable bonds is 4. The Morgan fingerprint density at radius 3 is 1.91 bits per heavy atom. The number of hydrogen-bond donors (Lipinski definition) is 1. The van der Waals surface area contributed by atoms with Crippen LogP contribution in [0.1, 0.15) is 13.8 Å². The van der Waals surface area contributed by atoms with Crippen LogP contribution in [0.15, 0.2) is 0 Å². The lowest BCUT2D eigenvalue weighted by molar-refractivity contribution is 0.391. The van der Waals surface area contributed by atoms with Crippen molar-refractivity contribution in [2.45, 2.75) is 19.9 Å². The van der Waals surface area contributed by atoms with Gasteiger partial charge in [0.15, 0.2) is 0 Å². The molecule has 0 aliphatic heterocycles. The molecule has 0 rings (SSSR count). The molecule has 11 heavy (non-hydrogen) atoms. The minimum atomic E-state index is 0. The van der Waals surface area contributed by atoms with Gasteiger partial charge in [-0.25, -0.2) is 0 Å². The van der Waals surface area contributed by atoms with E-state index in [9.17, 15) is 0 Å². The Labute approximate surface area is 82.5 Å². The van der Waals surface area contributed by atoms with Crippen LogP contribution in [0, 0.1) is 0 Å². The highest BCUT2D eigenvalue weighted by atomic mass is 35.5. The molecule has 0 aliphatic rings. The third-order valence-electron chi connectivity index (χ3n) is 1.11. The molecule has 2 nitrogen and oxygen atoms in total. The zero-order chi connectivity index (χ0) is 7.28. The summed E-state index contributed by atoms with van der Waals surface area (Å²) in [5, 5.41) is 3.34. The Hall–Kier alpha value is 0.500. The van der Waals surface area contributed by atoms with E-state index >= 15 is 0 Å².